The second kappa shape index (κ2) is 5.81. The first kappa shape index (κ1) is 14.4. The van der Waals surface area contributed by atoms with Crippen LogP contribution in [-0.4, -0.2) is 32.2 Å². The summed E-state index contributed by atoms with van der Waals surface area (Å²) in [5.74, 6) is 0.785. The topological polar surface area (TPSA) is 75.6 Å². The van der Waals surface area contributed by atoms with Gasteiger partial charge in [-0.1, -0.05) is 18.2 Å². The van der Waals surface area contributed by atoms with Gasteiger partial charge in [-0.05, 0) is 24.3 Å². The Kier molecular flexibility index (Phi) is 3.49. The Labute approximate surface area is 138 Å². The minimum absolute atomic E-state index is 0.0887. The van der Waals surface area contributed by atoms with E-state index >= 15 is 0 Å². The van der Waals surface area contributed by atoms with Gasteiger partial charge in [-0.15, -0.1) is 0 Å². The molecule has 0 spiro atoms. The molecule has 0 radical (unpaired) electrons. The van der Waals surface area contributed by atoms with Crippen molar-refractivity contribution in [2.45, 2.75) is 6.42 Å². The molecule has 0 atom stereocenters. The van der Waals surface area contributed by atoms with Crippen molar-refractivity contribution in [3.8, 4) is 0 Å². The summed E-state index contributed by atoms with van der Waals surface area (Å²) in [6.07, 6.45) is 2.45. The Balaban J connectivity index is 1.42. The van der Waals surface area contributed by atoms with Crippen LogP contribution in [0.3, 0.4) is 0 Å². The number of aromatic nitrogens is 4. The Morgan fingerprint density at radius 1 is 1.25 bits per heavy atom. The zero-order valence-corrected chi connectivity index (χ0v) is 13.3. The summed E-state index contributed by atoms with van der Waals surface area (Å²) in [6, 6.07) is 13.5. The van der Waals surface area contributed by atoms with Gasteiger partial charge < -0.3 is 10.3 Å². The van der Waals surface area contributed by atoms with Gasteiger partial charge in [-0.3, -0.25) is 9.48 Å². The molecule has 2 aromatic carbocycles. The van der Waals surface area contributed by atoms with Crippen molar-refractivity contribution in [2.24, 2.45) is 7.05 Å². The SMILES string of the molecule is Cn1ncc2ccc(C(=O)NCCc3nc4ccccc4[nH]3)cc21. The van der Waals surface area contributed by atoms with Crippen LogP contribution in [0.1, 0.15) is 16.2 Å². The van der Waals surface area contributed by atoms with Crippen LogP contribution in [0.4, 0.5) is 0 Å². The first-order chi connectivity index (χ1) is 11.7. The predicted octanol–water partition coefficient (Wildman–Crippen LogP) is 2.42. The average molecular weight is 319 g/mol. The molecule has 2 N–H and O–H groups in total. The minimum atomic E-state index is -0.0887. The molecule has 4 aromatic rings. The number of aromatic amines is 1. The molecule has 2 aromatic heterocycles. The molecule has 1 amide bonds. The van der Waals surface area contributed by atoms with E-state index in [0.717, 1.165) is 27.8 Å². The molecule has 6 nitrogen and oxygen atoms in total. The highest BCUT2D eigenvalue weighted by atomic mass is 16.1. The number of nitrogens with zero attached hydrogens (tertiary/aromatic N) is 3. The summed E-state index contributed by atoms with van der Waals surface area (Å²) in [4.78, 5) is 20.1. The van der Waals surface area contributed by atoms with E-state index in [-0.39, 0.29) is 5.91 Å². The number of aryl methyl sites for hydroxylation is 1. The zero-order valence-electron chi connectivity index (χ0n) is 13.3. The van der Waals surface area contributed by atoms with Gasteiger partial charge in [0.1, 0.15) is 5.82 Å². The number of imidazole rings is 1. The van der Waals surface area contributed by atoms with Crippen molar-refractivity contribution in [3.63, 3.8) is 0 Å². The number of carbonyl (C=O) groups is 1. The van der Waals surface area contributed by atoms with E-state index in [1.807, 2.05) is 49.5 Å². The van der Waals surface area contributed by atoms with Gasteiger partial charge in [-0.2, -0.15) is 5.10 Å². The van der Waals surface area contributed by atoms with E-state index in [1.54, 1.807) is 10.9 Å². The van der Waals surface area contributed by atoms with Gasteiger partial charge in [0.15, 0.2) is 0 Å². The van der Waals surface area contributed by atoms with E-state index in [9.17, 15) is 4.79 Å². The van der Waals surface area contributed by atoms with Crippen molar-refractivity contribution < 1.29 is 4.79 Å². The number of hydrogen-bond donors (Lipinski definition) is 2. The van der Waals surface area contributed by atoms with Crippen molar-refractivity contribution in [2.75, 3.05) is 6.54 Å². The fourth-order valence-corrected chi connectivity index (χ4v) is 2.81. The van der Waals surface area contributed by atoms with Crippen LogP contribution in [0, 0.1) is 0 Å². The highest BCUT2D eigenvalue weighted by Crippen LogP contribution is 2.15. The Hall–Kier alpha value is -3.15. The van der Waals surface area contributed by atoms with Gasteiger partial charge in [-0.25, -0.2) is 4.98 Å². The molecule has 0 aliphatic carbocycles. The molecular weight excluding hydrogens is 302 g/mol. The van der Waals surface area contributed by atoms with E-state index in [2.05, 4.69) is 20.4 Å². The van der Waals surface area contributed by atoms with Gasteiger partial charge in [0.25, 0.3) is 5.91 Å². The standard InChI is InChI=1S/C18H17N5O/c1-23-16-10-12(6-7-13(16)11-20-23)18(24)19-9-8-17-21-14-4-2-3-5-15(14)22-17/h2-7,10-11H,8-9H2,1H3,(H,19,24)(H,21,22). The molecule has 0 saturated carbocycles. The molecule has 120 valence electrons. The summed E-state index contributed by atoms with van der Waals surface area (Å²) in [5.41, 5.74) is 3.54. The molecule has 0 fully saturated rings. The lowest BCUT2D eigenvalue weighted by Crippen LogP contribution is -2.25. The summed E-state index contributed by atoms with van der Waals surface area (Å²) in [7, 11) is 1.87. The number of fused-ring (bicyclic) bond motifs is 2. The quantitative estimate of drug-likeness (QED) is 0.606. The van der Waals surface area contributed by atoms with E-state index < -0.39 is 0 Å². The Morgan fingerprint density at radius 2 is 2.12 bits per heavy atom. The van der Waals surface area contributed by atoms with E-state index in [0.29, 0.717) is 18.5 Å². The highest BCUT2D eigenvalue weighted by Gasteiger charge is 2.09. The average Bonchev–Trinajstić information content (AvgIpc) is 3.18. The summed E-state index contributed by atoms with van der Waals surface area (Å²) in [5, 5.41) is 8.16. The maximum absolute atomic E-state index is 12.3. The monoisotopic (exact) mass is 319 g/mol. The lowest BCUT2D eigenvalue weighted by Gasteiger charge is -2.05. The number of amides is 1. The van der Waals surface area contributed by atoms with Gasteiger partial charge in [0.2, 0.25) is 0 Å². The van der Waals surface area contributed by atoms with Crippen molar-refractivity contribution >= 4 is 27.8 Å². The third-order valence-electron chi connectivity index (χ3n) is 4.10. The fraction of sp³-hybridized carbons (Fsp3) is 0.167. The third-order valence-corrected chi connectivity index (χ3v) is 4.10. The summed E-state index contributed by atoms with van der Waals surface area (Å²) < 4.78 is 1.76. The third kappa shape index (κ3) is 2.62. The van der Waals surface area contributed by atoms with E-state index in [1.165, 1.54) is 0 Å². The van der Waals surface area contributed by atoms with Crippen LogP contribution in [0.25, 0.3) is 21.9 Å². The van der Waals surface area contributed by atoms with Crippen molar-refractivity contribution in [1.82, 2.24) is 25.1 Å². The maximum atomic E-state index is 12.3. The first-order valence-electron chi connectivity index (χ1n) is 7.84. The molecule has 2 heterocycles. The van der Waals surface area contributed by atoms with Gasteiger partial charge in [0.05, 0.1) is 22.7 Å². The fourth-order valence-electron chi connectivity index (χ4n) is 2.81. The number of para-hydroxylation sites is 2. The molecular formula is C18H17N5O. The number of rotatable bonds is 4. The van der Waals surface area contributed by atoms with Crippen molar-refractivity contribution in [1.29, 1.82) is 0 Å². The lowest BCUT2D eigenvalue weighted by molar-refractivity contribution is 0.0954. The molecule has 0 unspecified atom stereocenters. The second-order valence-electron chi connectivity index (χ2n) is 5.75. The number of carbonyl (C=O) groups excluding carboxylic acids is 1. The Morgan fingerprint density at radius 3 is 3.00 bits per heavy atom. The summed E-state index contributed by atoms with van der Waals surface area (Å²) in [6.45, 7) is 0.530. The van der Waals surface area contributed by atoms with Crippen LogP contribution in [-0.2, 0) is 13.5 Å². The van der Waals surface area contributed by atoms with Crippen LogP contribution in [0.15, 0.2) is 48.7 Å². The predicted molar refractivity (Wildman–Crippen MR) is 92.8 cm³/mol. The molecule has 0 aliphatic heterocycles. The number of benzene rings is 2. The van der Waals surface area contributed by atoms with Crippen molar-refractivity contribution in [3.05, 3.63) is 60.0 Å². The van der Waals surface area contributed by atoms with Gasteiger partial charge >= 0.3 is 0 Å². The minimum Gasteiger partial charge on any atom is -0.352 e. The second-order valence-corrected chi connectivity index (χ2v) is 5.75. The molecule has 4 rings (SSSR count). The van der Waals surface area contributed by atoms with Gasteiger partial charge in [0, 0.05) is 31.0 Å². The normalized spacial score (nSPS) is 11.2. The molecule has 24 heavy (non-hydrogen) atoms. The lowest BCUT2D eigenvalue weighted by atomic mass is 10.1. The highest BCUT2D eigenvalue weighted by molar-refractivity contribution is 5.97. The molecule has 0 bridgehead atoms. The maximum Gasteiger partial charge on any atom is 0.251 e. The number of nitrogens with one attached hydrogen (secondary N) is 2. The molecule has 0 saturated heterocycles. The number of H-pyrrole nitrogens is 1. The first-order valence-corrected chi connectivity index (χ1v) is 7.84. The largest absolute Gasteiger partial charge is 0.352 e. The van der Waals surface area contributed by atoms with Crippen LogP contribution in [0.5, 0.6) is 0 Å². The molecule has 0 aliphatic rings. The smallest absolute Gasteiger partial charge is 0.251 e. The summed E-state index contributed by atoms with van der Waals surface area (Å²) >= 11 is 0. The van der Waals surface area contributed by atoms with E-state index in [4.69, 9.17) is 0 Å². The zero-order chi connectivity index (χ0) is 16.5. The van der Waals surface area contributed by atoms with Crippen LogP contribution < -0.4 is 5.32 Å². The van der Waals surface area contributed by atoms with Crippen LogP contribution in [0.2, 0.25) is 0 Å². The molecule has 6 heteroatoms. The Bertz CT molecular complexity index is 997. The van der Waals surface area contributed by atoms with Crippen LogP contribution >= 0.6 is 0 Å². The number of hydrogen-bond acceptors (Lipinski definition) is 3.